The Balaban J connectivity index is 0.000000126. The molecule has 0 saturated heterocycles. The highest BCUT2D eigenvalue weighted by Gasteiger charge is 2.54. The van der Waals surface area contributed by atoms with Crippen LogP contribution in [0.4, 0.5) is 0 Å². The molecule has 118 heavy (non-hydrogen) atoms. The van der Waals surface area contributed by atoms with E-state index in [1.54, 1.807) is 11.3 Å². The standard InChI is InChI=1S/C55H31N3O.C55H31N3S/c2*1-2-16-34-31-47-41(30-33(34)15-1)50-35-17-4-3-14-32(35)28-29-46(50)58(47)53-51(57-54-52(56-53)39-21-8-12-27-48(39)59-54)40-22-13-26-45-49(40)38-20-7-11-25-44(38)55(45)42-23-9-5-18-36(42)37-19-6-10-24-43(37)55/h2*1-31H. The molecule has 0 fully saturated rings. The minimum absolute atomic E-state index is 0.463. The van der Waals surface area contributed by atoms with Gasteiger partial charge in [0.05, 0.1) is 32.9 Å². The van der Waals surface area contributed by atoms with E-state index in [9.17, 15) is 0 Å². The van der Waals surface area contributed by atoms with Crippen LogP contribution in [0.1, 0.15) is 44.5 Å². The molecule has 4 aliphatic carbocycles. The highest BCUT2D eigenvalue weighted by molar-refractivity contribution is 7.25. The maximum Gasteiger partial charge on any atom is 0.247 e. The van der Waals surface area contributed by atoms with E-state index in [1.807, 2.05) is 18.2 Å². The molecule has 4 aliphatic rings. The fraction of sp³-hybridized carbons (Fsp3) is 0.0182. The Labute approximate surface area is 679 Å². The molecule has 6 aromatic heterocycles. The van der Waals surface area contributed by atoms with Gasteiger partial charge in [0, 0.05) is 48.1 Å². The van der Waals surface area contributed by atoms with Crippen LogP contribution < -0.4 is 0 Å². The smallest absolute Gasteiger partial charge is 0.247 e. The van der Waals surface area contributed by atoms with E-state index in [2.05, 4.69) is 367 Å². The van der Waals surface area contributed by atoms with Crippen LogP contribution in [-0.2, 0) is 10.8 Å². The first kappa shape index (κ1) is 64.2. The molecular formula is C110H62N6OS. The first-order chi connectivity index (χ1) is 58.5. The molecule has 2 spiro atoms. The lowest BCUT2D eigenvalue weighted by Gasteiger charge is -2.30. The van der Waals surface area contributed by atoms with Gasteiger partial charge in [-0.25, -0.2) is 19.9 Å². The first-order valence-electron chi connectivity index (χ1n) is 40.5. The second kappa shape index (κ2) is 23.7. The highest BCUT2D eigenvalue weighted by atomic mass is 32.1. The Kier molecular flexibility index (Phi) is 12.9. The number of nitrogens with zero attached hydrogens (tertiary/aromatic N) is 6. The number of thiophene rings is 1. The van der Waals surface area contributed by atoms with Crippen molar-refractivity contribution in [1.82, 2.24) is 29.1 Å². The van der Waals surface area contributed by atoms with E-state index < -0.39 is 10.8 Å². The molecule has 0 aliphatic heterocycles. The number of furan rings is 1. The second-order valence-corrected chi connectivity index (χ2v) is 33.0. The maximum atomic E-state index is 6.57. The summed E-state index contributed by atoms with van der Waals surface area (Å²) in [4.78, 5) is 23.8. The molecule has 0 atom stereocenters. The minimum atomic E-state index is -0.489. The summed E-state index contributed by atoms with van der Waals surface area (Å²) in [5, 5.41) is 16.6. The van der Waals surface area contributed by atoms with Gasteiger partial charge in [0.2, 0.25) is 5.71 Å². The van der Waals surface area contributed by atoms with Crippen molar-refractivity contribution in [2.24, 2.45) is 0 Å². The zero-order valence-electron chi connectivity index (χ0n) is 63.3. The monoisotopic (exact) mass is 1510 g/mol. The lowest BCUT2D eigenvalue weighted by Crippen LogP contribution is -2.25. The lowest BCUT2D eigenvalue weighted by molar-refractivity contribution is 0.653. The van der Waals surface area contributed by atoms with E-state index in [0.717, 1.165) is 88.4 Å². The number of aromatic nitrogens is 6. The van der Waals surface area contributed by atoms with Gasteiger partial charge >= 0.3 is 0 Å². The van der Waals surface area contributed by atoms with Crippen LogP contribution in [0.5, 0.6) is 0 Å². The first-order valence-corrected chi connectivity index (χ1v) is 41.3. The molecule has 0 radical (unpaired) electrons. The Morgan fingerprint density at radius 2 is 0.602 bits per heavy atom. The third-order valence-electron chi connectivity index (χ3n) is 26.4. The van der Waals surface area contributed by atoms with Crippen LogP contribution in [0.25, 0.3) is 208 Å². The largest absolute Gasteiger partial charge is 0.436 e. The van der Waals surface area contributed by atoms with Gasteiger partial charge in [-0.15, -0.1) is 11.3 Å². The molecule has 0 bridgehead atoms. The van der Waals surface area contributed by atoms with Gasteiger partial charge in [-0.3, -0.25) is 9.13 Å². The quantitative estimate of drug-likeness (QED) is 0.176. The van der Waals surface area contributed by atoms with Gasteiger partial charge in [0.1, 0.15) is 32.8 Å². The van der Waals surface area contributed by atoms with Crippen molar-refractivity contribution >= 4 is 141 Å². The zero-order valence-corrected chi connectivity index (χ0v) is 64.1. The highest BCUT2D eigenvalue weighted by Crippen LogP contribution is 2.67. The van der Waals surface area contributed by atoms with Crippen molar-refractivity contribution < 1.29 is 4.42 Å². The molecule has 0 N–H and O–H groups in total. The van der Waals surface area contributed by atoms with Crippen molar-refractivity contribution in [3.05, 3.63) is 421 Å². The summed E-state index contributed by atoms with van der Waals surface area (Å²) in [5.74, 6) is 1.61. The SMILES string of the molecule is c1ccc2c(c1)-c1ccccc1C21c2ccccc2-c2c(-c3nc4oc5ccccc5c4nc3-n3c4cc5ccccc5cc4c4c5ccccc5ccc43)cccc21.c1ccc2c(c1)-c1ccccc1C21c2ccccc2-c2c(-c3nc4sc5ccccc5c4nc3-n3c4cc5ccccc5cc4c4c5ccccc5ccc43)cccc21. The van der Waals surface area contributed by atoms with Gasteiger partial charge in [0.25, 0.3) is 0 Å². The van der Waals surface area contributed by atoms with Gasteiger partial charge in [0.15, 0.2) is 11.6 Å². The molecule has 18 aromatic carbocycles. The third-order valence-corrected chi connectivity index (χ3v) is 27.5. The predicted octanol–water partition coefficient (Wildman–Crippen LogP) is 28.0. The molecule has 6 heterocycles. The van der Waals surface area contributed by atoms with Crippen molar-refractivity contribution in [2.75, 3.05) is 0 Å². The molecule has 0 unspecified atom stereocenters. The van der Waals surface area contributed by atoms with Crippen LogP contribution >= 0.6 is 11.3 Å². The van der Waals surface area contributed by atoms with Gasteiger partial charge < -0.3 is 4.42 Å². The second-order valence-electron chi connectivity index (χ2n) is 32.0. The number of benzene rings is 18. The van der Waals surface area contributed by atoms with Gasteiger partial charge in [-0.2, -0.15) is 0 Å². The molecular weight excluding hydrogens is 1450 g/mol. The molecule has 8 heteroatoms. The van der Waals surface area contributed by atoms with Crippen LogP contribution in [0, 0.1) is 0 Å². The fourth-order valence-electron chi connectivity index (χ4n) is 21.8. The Morgan fingerprint density at radius 1 is 0.246 bits per heavy atom. The van der Waals surface area contributed by atoms with Crippen molar-refractivity contribution in [1.29, 1.82) is 0 Å². The topological polar surface area (TPSA) is 74.6 Å². The number of hydrogen-bond acceptors (Lipinski definition) is 6. The average Bonchev–Trinajstić information content (AvgIpc) is 1.51. The minimum Gasteiger partial charge on any atom is -0.436 e. The number of para-hydroxylation sites is 1. The number of hydrogen-bond donors (Lipinski definition) is 0. The molecule has 0 saturated carbocycles. The van der Waals surface area contributed by atoms with E-state index >= 15 is 0 Å². The summed E-state index contributed by atoms with van der Waals surface area (Å²) in [6, 6.07) is 138. The molecule has 7 nitrogen and oxygen atoms in total. The van der Waals surface area contributed by atoms with Crippen molar-refractivity contribution in [3.63, 3.8) is 0 Å². The van der Waals surface area contributed by atoms with Gasteiger partial charge in [-0.1, -0.05) is 322 Å². The number of rotatable bonds is 4. The van der Waals surface area contributed by atoms with Crippen LogP contribution in [0.3, 0.4) is 0 Å². The summed E-state index contributed by atoms with van der Waals surface area (Å²) in [6.45, 7) is 0. The summed E-state index contributed by atoms with van der Waals surface area (Å²) in [6.07, 6.45) is 0. The van der Waals surface area contributed by atoms with E-state index in [4.69, 9.17) is 24.4 Å². The van der Waals surface area contributed by atoms with E-state index in [0.29, 0.717) is 5.71 Å². The molecule has 544 valence electrons. The Morgan fingerprint density at radius 3 is 1.08 bits per heavy atom. The molecule has 28 rings (SSSR count). The maximum absolute atomic E-state index is 6.57. The summed E-state index contributed by atoms with van der Waals surface area (Å²) < 4.78 is 12.5. The van der Waals surface area contributed by atoms with Crippen LogP contribution in [0.15, 0.2) is 381 Å². The third kappa shape index (κ3) is 8.34. The van der Waals surface area contributed by atoms with Gasteiger partial charge in [-0.05, 0) is 187 Å². The predicted molar refractivity (Wildman–Crippen MR) is 486 cm³/mol. The molecule has 0 amide bonds. The van der Waals surface area contributed by atoms with E-state index in [-0.39, 0.29) is 0 Å². The summed E-state index contributed by atoms with van der Waals surface area (Å²) in [7, 11) is 0. The average molecular weight is 1520 g/mol. The van der Waals surface area contributed by atoms with Crippen molar-refractivity contribution in [2.45, 2.75) is 10.8 Å². The Bertz CT molecular complexity index is 8040. The van der Waals surface area contributed by atoms with Crippen LogP contribution in [-0.4, -0.2) is 29.1 Å². The summed E-state index contributed by atoms with van der Waals surface area (Å²) >= 11 is 1.72. The number of fused-ring (bicyclic) bond motifs is 38. The normalized spacial score (nSPS) is 13.6. The lowest BCUT2D eigenvalue weighted by atomic mass is 9.70. The summed E-state index contributed by atoms with van der Waals surface area (Å²) in [5.41, 5.74) is 30.6. The van der Waals surface area contributed by atoms with E-state index in [1.165, 1.54) is 158 Å². The van der Waals surface area contributed by atoms with Crippen molar-refractivity contribution in [3.8, 4) is 78.7 Å². The molecule has 24 aromatic rings. The van der Waals surface area contributed by atoms with Crippen LogP contribution in [0.2, 0.25) is 0 Å². The zero-order chi connectivity index (χ0) is 76.8. The fourth-order valence-corrected chi connectivity index (χ4v) is 22.8. The Hall–Kier alpha value is -15.2.